The van der Waals surface area contributed by atoms with E-state index in [1.165, 1.54) is 41.7 Å². The number of sulfonamides is 1. The Kier molecular flexibility index (Phi) is 6.41. The van der Waals surface area contributed by atoms with E-state index >= 15 is 0 Å². The van der Waals surface area contributed by atoms with E-state index in [1.54, 1.807) is 12.1 Å². The molecule has 1 saturated heterocycles. The number of aromatic hydroxyl groups is 2. The summed E-state index contributed by atoms with van der Waals surface area (Å²) in [6.45, 7) is 1.78. The number of Topliss-reactive ketones (excluding diaryl/α,β-unsaturated/α-hetero) is 1. The van der Waals surface area contributed by atoms with Crippen LogP contribution in [0.2, 0.25) is 0 Å². The Balaban J connectivity index is 1.64. The summed E-state index contributed by atoms with van der Waals surface area (Å²) in [6, 6.07) is 10.2. The number of rotatable bonds is 6. The van der Waals surface area contributed by atoms with Crippen molar-refractivity contribution in [3.63, 3.8) is 0 Å². The minimum Gasteiger partial charge on any atom is -0.504 e. The summed E-state index contributed by atoms with van der Waals surface area (Å²) < 4.78 is 32.3. The Morgan fingerprint density at radius 2 is 1.72 bits per heavy atom. The number of phenolic OH excluding ortho intramolecular Hbond substituents is 2. The molecule has 0 amide bonds. The number of ether oxygens (including phenoxy) is 1. The highest BCUT2D eigenvalue weighted by Crippen LogP contribution is 2.25. The van der Waals surface area contributed by atoms with Crippen LogP contribution in [0, 0.1) is 0 Å². The van der Waals surface area contributed by atoms with Crippen molar-refractivity contribution in [3.8, 4) is 17.2 Å². The predicted octanol–water partition coefficient (Wildman–Crippen LogP) is 1.69. The molecule has 1 aliphatic rings. The SMILES string of the molecule is COc1ccc(S(=O)(=O)N2CCCN(CC(=O)c3ccc(O)c(O)c3)CC2)cc1. The van der Waals surface area contributed by atoms with Gasteiger partial charge in [0.2, 0.25) is 10.0 Å². The maximum atomic E-state index is 12.9. The molecule has 0 atom stereocenters. The molecule has 0 spiro atoms. The van der Waals surface area contributed by atoms with Crippen molar-refractivity contribution in [2.45, 2.75) is 11.3 Å². The molecule has 0 bridgehead atoms. The molecule has 1 heterocycles. The second-order valence-corrected chi connectivity index (χ2v) is 8.77. The number of nitrogens with zero attached hydrogens (tertiary/aromatic N) is 2. The van der Waals surface area contributed by atoms with Crippen molar-refractivity contribution in [2.24, 2.45) is 0 Å². The minimum atomic E-state index is -3.62. The highest BCUT2D eigenvalue weighted by atomic mass is 32.2. The lowest BCUT2D eigenvalue weighted by molar-refractivity contribution is 0.0934. The van der Waals surface area contributed by atoms with E-state index in [9.17, 15) is 23.4 Å². The van der Waals surface area contributed by atoms with Crippen molar-refractivity contribution in [3.05, 3.63) is 48.0 Å². The molecule has 2 N–H and O–H groups in total. The van der Waals surface area contributed by atoms with Gasteiger partial charge in [0.25, 0.3) is 0 Å². The van der Waals surface area contributed by atoms with Gasteiger partial charge in [-0.05, 0) is 55.4 Å². The summed E-state index contributed by atoms with van der Waals surface area (Å²) in [6.07, 6.45) is 0.601. The Morgan fingerprint density at radius 1 is 1.00 bits per heavy atom. The summed E-state index contributed by atoms with van der Waals surface area (Å²) in [7, 11) is -2.10. The van der Waals surface area contributed by atoms with Crippen LogP contribution < -0.4 is 4.74 Å². The summed E-state index contributed by atoms with van der Waals surface area (Å²) in [4.78, 5) is 14.6. The highest BCUT2D eigenvalue weighted by Gasteiger charge is 2.27. The quantitative estimate of drug-likeness (QED) is 0.541. The number of phenols is 2. The summed E-state index contributed by atoms with van der Waals surface area (Å²) in [5.74, 6) is -0.240. The molecule has 156 valence electrons. The Morgan fingerprint density at radius 3 is 2.38 bits per heavy atom. The van der Waals surface area contributed by atoms with Gasteiger partial charge in [0.15, 0.2) is 17.3 Å². The predicted molar refractivity (Wildman–Crippen MR) is 107 cm³/mol. The molecule has 1 fully saturated rings. The van der Waals surface area contributed by atoms with E-state index in [2.05, 4.69) is 0 Å². The molecule has 0 radical (unpaired) electrons. The van der Waals surface area contributed by atoms with Crippen LogP contribution in [-0.4, -0.2) is 73.5 Å². The molecule has 0 unspecified atom stereocenters. The van der Waals surface area contributed by atoms with Crippen molar-refractivity contribution >= 4 is 15.8 Å². The molecular weight excluding hydrogens is 396 g/mol. The van der Waals surface area contributed by atoms with Crippen molar-refractivity contribution in [2.75, 3.05) is 39.8 Å². The van der Waals surface area contributed by atoms with Gasteiger partial charge < -0.3 is 14.9 Å². The van der Waals surface area contributed by atoms with Gasteiger partial charge in [0.05, 0.1) is 18.6 Å². The van der Waals surface area contributed by atoms with Crippen LogP contribution in [0.1, 0.15) is 16.8 Å². The van der Waals surface area contributed by atoms with Crippen LogP contribution >= 0.6 is 0 Å². The number of carbonyl (C=O) groups is 1. The van der Waals surface area contributed by atoms with Crippen LogP contribution in [-0.2, 0) is 10.0 Å². The van der Waals surface area contributed by atoms with Crippen LogP contribution in [0.4, 0.5) is 0 Å². The first-order valence-electron chi connectivity index (χ1n) is 9.23. The third-order valence-electron chi connectivity index (χ3n) is 4.91. The van der Waals surface area contributed by atoms with E-state index in [-0.39, 0.29) is 35.3 Å². The van der Waals surface area contributed by atoms with Gasteiger partial charge in [-0.15, -0.1) is 0 Å². The van der Waals surface area contributed by atoms with Crippen molar-refractivity contribution < 1.29 is 28.2 Å². The van der Waals surface area contributed by atoms with Crippen LogP contribution in [0.15, 0.2) is 47.4 Å². The first-order valence-corrected chi connectivity index (χ1v) is 10.7. The molecule has 0 aliphatic carbocycles. The number of benzene rings is 2. The lowest BCUT2D eigenvalue weighted by atomic mass is 10.1. The first kappa shape index (κ1) is 21.1. The standard InChI is InChI=1S/C20H24N2O6S/c1-28-16-4-6-17(7-5-16)29(26,27)22-10-2-9-21(11-12-22)14-20(25)15-3-8-18(23)19(24)13-15/h3-8,13,23-24H,2,9-12,14H2,1H3. The summed E-state index contributed by atoms with van der Waals surface area (Å²) in [5.41, 5.74) is 0.298. The minimum absolute atomic E-state index is 0.112. The number of methoxy groups -OCH3 is 1. The molecule has 3 rings (SSSR count). The summed E-state index contributed by atoms with van der Waals surface area (Å²) >= 11 is 0. The van der Waals surface area contributed by atoms with E-state index < -0.39 is 10.0 Å². The lowest BCUT2D eigenvalue weighted by Gasteiger charge is -2.21. The molecule has 1 aliphatic heterocycles. The fourth-order valence-electron chi connectivity index (χ4n) is 3.23. The molecular formula is C20H24N2O6S. The largest absolute Gasteiger partial charge is 0.504 e. The maximum absolute atomic E-state index is 12.9. The molecule has 0 saturated carbocycles. The molecule has 2 aromatic carbocycles. The average Bonchev–Trinajstić information content (AvgIpc) is 2.96. The van der Waals surface area contributed by atoms with E-state index in [0.717, 1.165) is 0 Å². The monoisotopic (exact) mass is 420 g/mol. The van der Waals surface area contributed by atoms with Gasteiger partial charge in [-0.3, -0.25) is 9.69 Å². The third kappa shape index (κ3) is 4.87. The Bertz CT molecular complexity index is 975. The van der Waals surface area contributed by atoms with E-state index in [0.29, 0.717) is 37.4 Å². The van der Waals surface area contributed by atoms with Crippen LogP contribution in [0.3, 0.4) is 0 Å². The van der Waals surface area contributed by atoms with Gasteiger partial charge in [0, 0.05) is 25.2 Å². The zero-order valence-electron chi connectivity index (χ0n) is 16.1. The topological polar surface area (TPSA) is 107 Å². The molecule has 0 aromatic heterocycles. The van der Waals surface area contributed by atoms with E-state index in [1.807, 2.05) is 4.90 Å². The average molecular weight is 420 g/mol. The third-order valence-corrected chi connectivity index (χ3v) is 6.82. The van der Waals surface area contributed by atoms with Gasteiger partial charge in [-0.1, -0.05) is 0 Å². The first-order chi connectivity index (χ1) is 13.8. The molecule has 9 heteroatoms. The van der Waals surface area contributed by atoms with Crippen molar-refractivity contribution in [1.29, 1.82) is 0 Å². The Hall–Kier alpha value is -2.62. The lowest BCUT2D eigenvalue weighted by Crippen LogP contribution is -2.36. The van der Waals surface area contributed by atoms with Crippen LogP contribution in [0.5, 0.6) is 17.2 Å². The zero-order valence-corrected chi connectivity index (χ0v) is 16.9. The zero-order chi connectivity index (χ0) is 21.0. The fraction of sp³-hybridized carbons (Fsp3) is 0.350. The summed E-state index contributed by atoms with van der Waals surface area (Å²) in [5, 5.41) is 18.9. The molecule has 29 heavy (non-hydrogen) atoms. The van der Waals surface area contributed by atoms with Gasteiger partial charge >= 0.3 is 0 Å². The Labute approximate surface area is 170 Å². The van der Waals surface area contributed by atoms with Crippen LogP contribution in [0.25, 0.3) is 0 Å². The number of carbonyl (C=O) groups excluding carboxylic acids is 1. The highest BCUT2D eigenvalue weighted by molar-refractivity contribution is 7.89. The second-order valence-electron chi connectivity index (χ2n) is 6.84. The number of hydrogen-bond donors (Lipinski definition) is 2. The van der Waals surface area contributed by atoms with Gasteiger partial charge in [-0.2, -0.15) is 4.31 Å². The maximum Gasteiger partial charge on any atom is 0.243 e. The smallest absolute Gasteiger partial charge is 0.243 e. The van der Waals surface area contributed by atoms with E-state index in [4.69, 9.17) is 4.74 Å². The normalized spacial score (nSPS) is 16.3. The molecule has 2 aromatic rings. The molecule has 8 nitrogen and oxygen atoms in total. The number of ketones is 1. The van der Waals surface area contributed by atoms with Crippen molar-refractivity contribution in [1.82, 2.24) is 9.21 Å². The second kappa shape index (κ2) is 8.81. The fourth-order valence-corrected chi connectivity index (χ4v) is 4.70. The van der Waals surface area contributed by atoms with Gasteiger partial charge in [-0.25, -0.2) is 8.42 Å². The van der Waals surface area contributed by atoms with Gasteiger partial charge in [0.1, 0.15) is 5.75 Å². The number of hydrogen-bond acceptors (Lipinski definition) is 7.